The lowest BCUT2D eigenvalue weighted by Gasteiger charge is -2.29. The number of phenols is 1. The second kappa shape index (κ2) is 10.1. The zero-order chi connectivity index (χ0) is 26.9. The maximum atomic E-state index is 10.5. The van der Waals surface area contributed by atoms with Gasteiger partial charge in [-0.05, 0) is 63.9 Å². The van der Waals surface area contributed by atoms with Crippen LogP contribution in [-0.2, 0) is 0 Å². The summed E-state index contributed by atoms with van der Waals surface area (Å²) in [6.45, 7) is 0. The zero-order valence-corrected chi connectivity index (χ0v) is 21.9. The number of aromatic hydroxyl groups is 1. The zero-order valence-electron chi connectivity index (χ0n) is 21.9. The van der Waals surface area contributed by atoms with E-state index < -0.39 is 0 Å². The Labute approximate surface area is 234 Å². The van der Waals surface area contributed by atoms with Crippen molar-refractivity contribution in [3.63, 3.8) is 0 Å². The molecule has 0 bridgehead atoms. The fourth-order valence-electron chi connectivity index (χ4n) is 5.60. The van der Waals surface area contributed by atoms with Gasteiger partial charge in [0.25, 0.3) is 0 Å². The summed E-state index contributed by atoms with van der Waals surface area (Å²) in [5.41, 5.74) is 7.78. The Morgan fingerprint density at radius 2 is 1.02 bits per heavy atom. The predicted molar refractivity (Wildman–Crippen MR) is 169 cm³/mol. The fourth-order valence-corrected chi connectivity index (χ4v) is 5.60. The highest BCUT2D eigenvalue weighted by Crippen LogP contribution is 2.44. The molecule has 7 aromatic carbocycles. The van der Waals surface area contributed by atoms with Crippen molar-refractivity contribution < 1.29 is 5.11 Å². The molecule has 0 radical (unpaired) electrons. The highest BCUT2D eigenvalue weighted by Gasteiger charge is 2.19. The van der Waals surface area contributed by atoms with E-state index in [-0.39, 0.29) is 0 Å². The lowest BCUT2D eigenvalue weighted by Crippen LogP contribution is -2.11. The number of hydrogen-bond acceptors (Lipinski definition) is 2. The quantitative estimate of drug-likeness (QED) is 0.247. The van der Waals surface area contributed by atoms with Gasteiger partial charge in [0.05, 0.1) is 11.4 Å². The maximum Gasteiger partial charge on any atom is 0.123 e. The van der Waals surface area contributed by atoms with Gasteiger partial charge in [0.2, 0.25) is 0 Å². The van der Waals surface area contributed by atoms with Gasteiger partial charge in [-0.3, -0.25) is 0 Å². The van der Waals surface area contributed by atoms with E-state index in [9.17, 15) is 5.11 Å². The average Bonchev–Trinajstić information content (AvgIpc) is 3.02. The molecule has 0 amide bonds. The topological polar surface area (TPSA) is 23.5 Å². The summed E-state index contributed by atoms with van der Waals surface area (Å²) in [7, 11) is 0. The van der Waals surface area contributed by atoms with E-state index in [0.29, 0.717) is 5.75 Å². The molecule has 0 atom stereocenters. The monoisotopic (exact) mass is 513 g/mol. The van der Waals surface area contributed by atoms with Crippen molar-refractivity contribution in [2.24, 2.45) is 0 Å². The summed E-state index contributed by atoms with van der Waals surface area (Å²) in [6.07, 6.45) is 0. The molecule has 0 spiro atoms. The first kappa shape index (κ1) is 23.8. The number of phenolic OH excluding ortho intramolecular Hbond substituents is 1. The SMILES string of the molecule is Oc1cccc2ccc(-c3cccc(N(c4ccccc4-c4ccccc4)c4cccc5ccccc45)c3)cc12. The van der Waals surface area contributed by atoms with Crippen molar-refractivity contribution in [2.75, 3.05) is 4.90 Å². The van der Waals surface area contributed by atoms with Crippen molar-refractivity contribution in [3.05, 3.63) is 158 Å². The van der Waals surface area contributed by atoms with E-state index in [2.05, 4.69) is 144 Å². The Morgan fingerprint density at radius 3 is 1.93 bits per heavy atom. The van der Waals surface area contributed by atoms with Crippen molar-refractivity contribution in [3.8, 4) is 28.0 Å². The summed E-state index contributed by atoms with van der Waals surface area (Å²) in [6, 6.07) is 54.8. The van der Waals surface area contributed by atoms with Crippen molar-refractivity contribution in [1.82, 2.24) is 0 Å². The van der Waals surface area contributed by atoms with Crippen LogP contribution in [0.5, 0.6) is 5.75 Å². The molecule has 190 valence electrons. The maximum absolute atomic E-state index is 10.5. The van der Waals surface area contributed by atoms with Gasteiger partial charge in [-0.1, -0.05) is 121 Å². The van der Waals surface area contributed by atoms with E-state index in [1.807, 2.05) is 12.1 Å². The first-order valence-corrected chi connectivity index (χ1v) is 13.5. The molecule has 0 unspecified atom stereocenters. The van der Waals surface area contributed by atoms with Crippen LogP contribution in [0.1, 0.15) is 0 Å². The van der Waals surface area contributed by atoms with Crippen LogP contribution in [0.3, 0.4) is 0 Å². The molecular weight excluding hydrogens is 486 g/mol. The minimum absolute atomic E-state index is 0.296. The van der Waals surface area contributed by atoms with Crippen LogP contribution in [0.25, 0.3) is 43.8 Å². The molecule has 0 heterocycles. The molecule has 7 aromatic rings. The summed E-state index contributed by atoms with van der Waals surface area (Å²) in [5, 5.41) is 14.8. The van der Waals surface area contributed by atoms with Crippen LogP contribution < -0.4 is 4.90 Å². The van der Waals surface area contributed by atoms with Gasteiger partial charge in [0, 0.05) is 22.0 Å². The number of para-hydroxylation sites is 1. The van der Waals surface area contributed by atoms with Gasteiger partial charge in [-0.15, -0.1) is 0 Å². The third-order valence-corrected chi connectivity index (χ3v) is 7.53. The first-order valence-electron chi connectivity index (χ1n) is 13.5. The largest absolute Gasteiger partial charge is 0.507 e. The van der Waals surface area contributed by atoms with Gasteiger partial charge in [0.1, 0.15) is 5.75 Å². The summed E-state index contributed by atoms with van der Waals surface area (Å²) in [4.78, 5) is 2.37. The predicted octanol–water partition coefficient (Wildman–Crippen LogP) is 10.5. The Bertz CT molecular complexity index is 1970. The Kier molecular flexibility index (Phi) is 5.99. The highest BCUT2D eigenvalue weighted by molar-refractivity contribution is 6.01. The first-order chi connectivity index (χ1) is 19.8. The minimum Gasteiger partial charge on any atom is -0.507 e. The number of nitrogens with zero attached hydrogens (tertiary/aromatic N) is 1. The summed E-state index contributed by atoms with van der Waals surface area (Å²) in [5.74, 6) is 0.296. The Hall–Kier alpha value is -5.34. The van der Waals surface area contributed by atoms with Gasteiger partial charge in [0.15, 0.2) is 0 Å². The second-order valence-electron chi connectivity index (χ2n) is 9.98. The molecule has 40 heavy (non-hydrogen) atoms. The molecule has 0 aliphatic carbocycles. The molecule has 2 heteroatoms. The van der Waals surface area contributed by atoms with Crippen molar-refractivity contribution in [2.45, 2.75) is 0 Å². The molecule has 1 N–H and O–H groups in total. The van der Waals surface area contributed by atoms with Crippen LogP contribution in [-0.4, -0.2) is 5.11 Å². The van der Waals surface area contributed by atoms with Crippen LogP contribution >= 0.6 is 0 Å². The molecular formula is C38H27NO. The Morgan fingerprint density at radius 1 is 0.400 bits per heavy atom. The van der Waals surface area contributed by atoms with Crippen LogP contribution in [0.15, 0.2) is 158 Å². The number of benzene rings is 7. The number of hydrogen-bond donors (Lipinski definition) is 1. The molecule has 2 nitrogen and oxygen atoms in total. The molecule has 0 fully saturated rings. The minimum atomic E-state index is 0.296. The highest BCUT2D eigenvalue weighted by atomic mass is 16.3. The van der Waals surface area contributed by atoms with Crippen LogP contribution in [0.2, 0.25) is 0 Å². The van der Waals surface area contributed by atoms with E-state index in [1.54, 1.807) is 6.07 Å². The third kappa shape index (κ3) is 4.26. The standard InChI is InChI=1S/C38H27NO/c40-38-22-10-15-29-23-24-31(26-35(29)38)30-16-8-17-32(25-30)39(37-21-9-14-28-13-4-5-18-34(28)37)36-20-7-6-19-33(36)27-11-2-1-3-12-27/h1-26,40H. The molecule has 0 saturated heterocycles. The number of rotatable bonds is 5. The summed E-state index contributed by atoms with van der Waals surface area (Å²) >= 11 is 0. The lowest BCUT2D eigenvalue weighted by molar-refractivity contribution is 0.481. The smallest absolute Gasteiger partial charge is 0.123 e. The third-order valence-electron chi connectivity index (χ3n) is 7.53. The van der Waals surface area contributed by atoms with E-state index in [4.69, 9.17) is 0 Å². The van der Waals surface area contributed by atoms with Gasteiger partial charge in [-0.25, -0.2) is 0 Å². The fraction of sp³-hybridized carbons (Fsp3) is 0. The lowest BCUT2D eigenvalue weighted by atomic mass is 9.98. The molecule has 7 rings (SSSR count). The van der Waals surface area contributed by atoms with E-state index >= 15 is 0 Å². The van der Waals surface area contributed by atoms with Crippen molar-refractivity contribution >= 4 is 38.6 Å². The number of fused-ring (bicyclic) bond motifs is 2. The van der Waals surface area contributed by atoms with Gasteiger partial charge >= 0.3 is 0 Å². The van der Waals surface area contributed by atoms with E-state index in [0.717, 1.165) is 44.5 Å². The normalized spacial score (nSPS) is 11.1. The van der Waals surface area contributed by atoms with Crippen molar-refractivity contribution in [1.29, 1.82) is 0 Å². The second-order valence-corrected chi connectivity index (χ2v) is 9.98. The molecule has 0 aliphatic rings. The molecule has 0 aromatic heterocycles. The van der Waals surface area contributed by atoms with Gasteiger partial charge < -0.3 is 10.0 Å². The van der Waals surface area contributed by atoms with E-state index in [1.165, 1.54) is 16.3 Å². The van der Waals surface area contributed by atoms with Gasteiger partial charge in [-0.2, -0.15) is 0 Å². The van der Waals surface area contributed by atoms with Crippen LogP contribution in [0, 0.1) is 0 Å². The number of anilines is 3. The average molecular weight is 514 g/mol. The molecule has 0 saturated carbocycles. The summed E-state index contributed by atoms with van der Waals surface area (Å²) < 4.78 is 0. The molecule has 0 aliphatic heterocycles. The Balaban J connectivity index is 1.46. The van der Waals surface area contributed by atoms with Crippen LogP contribution in [0.4, 0.5) is 17.1 Å².